The predicted octanol–water partition coefficient (Wildman–Crippen LogP) is 21.4. The summed E-state index contributed by atoms with van der Waals surface area (Å²) in [4.78, 5) is 4.77. The third-order valence-corrected chi connectivity index (χ3v) is 16.5. The maximum Gasteiger partial charge on any atom is 0.268 e. The minimum Gasteiger partial charge on any atom is -0.510 e. The van der Waals surface area contributed by atoms with Gasteiger partial charge in [-0.15, -0.1) is 29.7 Å². The number of pyridine rings is 1. The third kappa shape index (κ3) is 11.9. The first kappa shape index (κ1) is 46.3. The molecule has 0 aliphatic rings. The van der Waals surface area contributed by atoms with Crippen molar-refractivity contribution in [2.45, 2.75) is 112 Å². The summed E-state index contributed by atoms with van der Waals surface area (Å²) in [5.74, 6) is 0.790. The number of imidazole rings is 1. The molecule has 3 heterocycles. The Morgan fingerprint density at radius 2 is 1.03 bits per heavy atom. The number of ether oxygens (including phenoxy) is 1. The summed E-state index contributed by atoms with van der Waals surface area (Å²) in [6.07, 6.45) is 5.12. The standard InChI is InChI=1S/C83H76N4O.Pt/c1-54-41-78(84-52-73(54)56-27-18-15-19-28-56)87-74-36-21-20-35-69(74)70-39-38-68(51-76(70)87)88-67-34-24-33-66(50-67)85-53-86(75-40-37-57(48-77(75)85)60-44-64(82(8,9)10)49-65(45-60)83(11,12)13)79-71(58-29-22-31-62(42-58)80(2,3)4)46-61(55-25-16-14-17-26-55)47-72(79)59-30-23-32-63(43-59)81(5,6)7;/h14-49,52H,1-13H3;/q-2;/i1D3,14D,15D,16D,17D,18D,19D,25D,26D,27D,28D;. The van der Waals surface area contributed by atoms with E-state index in [0.717, 1.165) is 60.9 Å². The van der Waals surface area contributed by atoms with Crippen molar-refractivity contribution in [1.82, 2.24) is 14.1 Å². The SMILES string of the molecule is [2H]c1c([2H])c([2H])c(-c2cc(-c3cccc(C(C)(C)C)c3)c(-[n+]3[c-]n(-c4[c-]c(Oc5[c-]c6c(cc5)c5ccccc5n6-c5cc(C([2H])([2H])[2H])c(-c6c([2H])c([2H])c([2H])c([2H])c6[2H])cn5)ccc4)c4cc(-c5cc(C(C)(C)C)cc(C(C)(C)C)c5)ccc43)c(-c3cccc(C(C)(C)C)c3)c2)c([2H])c1[2H].[Pt]. The molecular formula is C83H76N4OPt-2. The fourth-order valence-electron chi connectivity index (χ4n) is 11.5. The van der Waals surface area contributed by atoms with Crippen LogP contribution in [0.3, 0.4) is 0 Å². The van der Waals surface area contributed by atoms with Crippen LogP contribution in [0.25, 0.3) is 106 Å². The first-order valence-electron chi connectivity index (χ1n) is 36.3. The fourth-order valence-corrected chi connectivity index (χ4v) is 11.5. The van der Waals surface area contributed by atoms with Crippen molar-refractivity contribution in [3.63, 3.8) is 0 Å². The molecule has 0 radical (unpaired) electrons. The number of fused-ring (bicyclic) bond motifs is 4. The summed E-state index contributed by atoms with van der Waals surface area (Å²) < 4.78 is 127. The van der Waals surface area contributed by atoms with Crippen molar-refractivity contribution < 1.29 is 48.2 Å². The van der Waals surface area contributed by atoms with Crippen LogP contribution in [-0.4, -0.2) is 14.1 Å². The summed E-state index contributed by atoms with van der Waals surface area (Å²) in [5, 5.41) is 1.57. The van der Waals surface area contributed by atoms with Gasteiger partial charge in [-0.05, 0) is 148 Å². The number of nitrogens with zero attached hydrogens (tertiary/aromatic N) is 4. The van der Waals surface area contributed by atoms with Crippen LogP contribution in [0.4, 0.5) is 0 Å². The van der Waals surface area contributed by atoms with Crippen molar-refractivity contribution in [2.75, 3.05) is 0 Å². The number of rotatable bonds is 10. The smallest absolute Gasteiger partial charge is 0.268 e. The summed E-state index contributed by atoms with van der Waals surface area (Å²) in [6, 6.07) is 54.4. The second kappa shape index (κ2) is 23.2. The quantitative estimate of drug-likeness (QED) is 0.101. The zero-order valence-corrected chi connectivity index (χ0v) is 54.4. The van der Waals surface area contributed by atoms with E-state index in [2.05, 4.69) is 179 Å². The van der Waals surface area contributed by atoms with E-state index in [4.69, 9.17) is 24.8 Å². The molecule has 0 N–H and O–H groups in total. The molecule has 6 heteroatoms. The van der Waals surface area contributed by atoms with Crippen molar-refractivity contribution in [1.29, 1.82) is 0 Å². The van der Waals surface area contributed by atoms with Gasteiger partial charge >= 0.3 is 0 Å². The normalized spacial score (nSPS) is 14.4. The number of aromatic nitrogens is 4. The molecule has 446 valence electrons. The van der Waals surface area contributed by atoms with Crippen LogP contribution < -0.4 is 9.30 Å². The zero-order chi connectivity index (χ0) is 72.6. The average molecular weight is 1350 g/mol. The van der Waals surface area contributed by atoms with Gasteiger partial charge in [0.2, 0.25) is 0 Å². The van der Waals surface area contributed by atoms with Gasteiger partial charge in [0.1, 0.15) is 5.82 Å². The van der Waals surface area contributed by atoms with E-state index in [1.54, 1.807) is 16.7 Å². The van der Waals surface area contributed by atoms with Gasteiger partial charge in [0, 0.05) is 54.0 Å². The topological polar surface area (TPSA) is 35.9 Å². The maximum absolute atomic E-state index is 9.39. The Morgan fingerprint density at radius 3 is 1.65 bits per heavy atom. The first-order chi connectivity index (χ1) is 47.4. The van der Waals surface area contributed by atoms with Gasteiger partial charge in [0.05, 0.1) is 30.4 Å². The van der Waals surface area contributed by atoms with Crippen LogP contribution in [0.15, 0.2) is 224 Å². The number of hydrogen-bond acceptors (Lipinski definition) is 2. The van der Waals surface area contributed by atoms with Gasteiger partial charge in [0.25, 0.3) is 6.33 Å². The van der Waals surface area contributed by atoms with Crippen LogP contribution in [-0.2, 0) is 42.7 Å². The van der Waals surface area contributed by atoms with E-state index in [-0.39, 0.29) is 88.6 Å². The Morgan fingerprint density at radius 1 is 0.461 bits per heavy atom. The summed E-state index contributed by atoms with van der Waals surface area (Å²) >= 11 is 0. The molecule has 0 amide bonds. The van der Waals surface area contributed by atoms with Gasteiger partial charge < -0.3 is 13.9 Å². The molecule has 0 bridgehead atoms. The Labute approximate surface area is 558 Å². The van der Waals surface area contributed by atoms with Crippen molar-refractivity contribution >= 4 is 32.8 Å². The Kier molecular flexibility index (Phi) is 12.1. The molecule has 10 aromatic carbocycles. The molecule has 0 fully saturated rings. The summed E-state index contributed by atoms with van der Waals surface area (Å²) in [5.41, 5.74) is 12.5. The van der Waals surface area contributed by atoms with Crippen molar-refractivity contribution in [2.24, 2.45) is 0 Å². The molecule has 3 aromatic heterocycles. The predicted molar refractivity (Wildman–Crippen MR) is 367 cm³/mol. The molecule has 13 aromatic rings. The third-order valence-electron chi connectivity index (χ3n) is 16.5. The Balaban J connectivity index is 0.00000982. The Hall–Kier alpha value is -8.89. The molecule has 0 spiro atoms. The number of hydrogen-bond donors (Lipinski definition) is 0. The number of para-hydroxylation sites is 1. The van der Waals surface area contributed by atoms with E-state index < -0.39 is 55.2 Å². The van der Waals surface area contributed by atoms with Crippen LogP contribution in [0, 0.1) is 25.3 Å². The van der Waals surface area contributed by atoms with Crippen molar-refractivity contribution in [3.8, 4) is 84.3 Å². The summed E-state index contributed by atoms with van der Waals surface area (Å²) in [6.45, 7) is 23.5. The van der Waals surface area contributed by atoms with Gasteiger partial charge in [-0.3, -0.25) is 4.57 Å². The minimum absolute atomic E-state index is 0. The summed E-state index contributed by atoms with van der Waals surface area (Å²) in [7, 11) is 0. The second-order valence-corrected chi connectivity index (χ2v) is 26.9. The molecule has 13 rings (SSSR count). The monoisotopic (exact) mass is 1350 g/mol. The molecule has 0 atom stereocenters. The molecule has 0 saturated heterocycles. The van der Waals surface area contributed by atoms with Gasteiger partial charge in [0.15, 0.2) is 0 Å². The van der Waals surface area contributed by atoms with Crippen molar-refractivity contribution in [3.05, 3.63) is 271 Å². The van der Waals surface area contributed by atoms with Crippen LogP contribution >= 0.6 is 0 Å². The average Bonchev–Trinajstić information content (AvgIpc) is 1.46. The largest absolute Gasteiger partial charge is 0.510 e. The van der Waals surface area contributed by atoms with Crippen LogP contribution in [0.5, 0.6) is 11.5 Å². The molecular weight excluding hydrogens is 1260 g/mol. The van der Waals surface area contributed by atoms with Crippen LogP contribution in [0.2, 0.25) is 0 Å². The van der Waals surface area contributed by atoms with Gasteiger partial charge in [-0.25, -0.2) is 4.98 Å². The first-order valence-corrected chi connectivity index (χ1v) is 29.8. The van der Waals surface area contributed by atoms with E-state index in [0.29, 0.717) is 39.2 Å². The maximum atomic E-state index is 9.39. The van der Waals surface area contributed by atoms with Gasteiger partial charge in [-0.1, -0.05) is 246 Å². The molecule has 0 saturated carbocycles. The Bertz CT molecular complexity index is 5400. The van der Waals surface area contributed by atoms with E-state index >= 15 is 0 Å². The zero-order valence-electron chi connectivity index (χ0n) is 65.1. The number of aryl methyl sites for hydroxylation is 1. The molecule has 5 nitrogen and oxygen atoms in total. The van der Waals surface area contributed by atoms with E-state index in [9.17, 15) is 2.74 Å². The van der Waals surface area contributed by atoms with Crippen LogP contribution in [0.1, 0.15) is 129 Å². The fraction of sp³-hybridized carbons (Fsp3) is 0.205. The molecule has 0 aliphatic heterocycles. The van der Waals surface area contributed by atoms with E-state index in [1.807, 2.05) is 71.3 Å². The second-order valence-electron chi connectivity index (χ2n) is 26.9. The minimum atomic E-state index is -2.81. The molecule has 0 aliphatic carbocycles. The molecule has 0 unspecified atom stereocenters. The molecule has 89 heavy (non-hydrogen) atoms. The van der Waals surface area contributed by atoms with Gasteiger partial charge in [-0.2, -0.15) is 18.2 Å². The van der Waals surface area contributed by atoms with E-state index in [1.165, 1.54) is 23.4 Å². The number of benzene rings is 10.